The minimum Gasteiger partial charge on any atom is -0.388 e. The molecule has 4 rings (SSSR count). The summed E-state index contributed by atoms with van der Waals surface area (Å²) in [5, 5.41) is 18.4. The van der Waals surface area contributed by atoms with Crippen LogP contribution in [0.3, 0.4) is 0 Å². The lowest BCUT2D eigenvalue weighted by atomic mass is 9.79. The van der Waals surface area contributed by atoms with Gasteiger partial charge in [-0.05, 0) is 24.2 Å². The normalized spacial score (nSPS) is 32.4. The van der Waals surface area contributed by atoms with Gasteiger partial charge >= 0.3 is 5.69 Å². The van der Waals surface area contributed by atoms with Gasteiger partial charge in [-0.25, -0.2) is 4.79 Å². The number of aliphatic hydroxyl groups is 2. The Kier molecular flexibility index (Phi) is 4.87. The molecule has 0 spiro atoms. The Hall–Kier alpha value is -1.51. The summed E-state index contributed by atoms with van der Waals surface area (Å²) in [6.07, 6.45) is 1.14. The third kappa shape index (κ3) is 3.30. The second-order valence-corrected chi connectivity index (χ2v) is 9.29. The van der Waals surface area contributed by atoms with Crippen LogP contribution in [0.1, 0.15) is 19.6 Å². The molecule has 0 aliphatic carbocycles. The topological polar surface area (TPSA) is 131 Å². The van der Waals surface area contributed by atoms with Gasteiger partial charge in [-0.15, -0.1) is 0 Å². The number of aromatic amines is 1. The van der Waals surface area contributed by atoms with E-state index < -0.39 is 42.9 Å². The van der Waals surface area contributed by atoms with E-state index >= 15 is 0 Å². The number of aliphatic hydroxyl groups excluding tert-OH is 2. The van der Waals surface area contributed by atoms with Gasteiger partial charge in [0.1, 0.15) is 24.4 Å². The lowest BCUT2D eigenvalue weighted by Crippen LogP contribution is -2.60. The van der Waals surface area contributed by atoms with E-state index in [0.717, 1.165) is 0 Å². The monoisotopic (exact) mass is 372 g/mol. The van der Waals surface area contributed by atoms with Crippen molar-refractivity contribution >= 4 is 7.14 Å². The van der Waals surface area contributed by atoms with Gasteiger partial charge in [-0.2, -0.15) is 0 Å². The van der Waals surface area contributed by atoms with Crippen LogP contribution in [0.15, 0.2) is 33.7 Å². The van der Waals surface area contributed by atoms with Crippen molar-refractivity contribution in [3.63, 3.8) is 0 Å². The maximum absolute atomic E-state index is 12.2. The molecular weight excluding hydrogens is 351 g/mol. The minimum atomic E-state index is -3.24. The first-order valence-electron chi connectivity index (χ1n) is 7.93. The number of nitrogens with one attached hydrogen (secondary N) is 1. The fourth-order valence-electron chi connectivity index (χ4n) is 3.16. The Morgan fingerprint density at radius 1 is 1.44 bits per heavy atom. The van der Waals surface area contributed by atoms with Gasteiger partial charge in [0.15, 0.2) is 13.4 Å². The highest BCUT2D eigenvalue weighted by Crippen LogP contribution is 2.50. The third-order valence-electron chi connectivity index (χ3n) is 4.83. The molecule has 25 heavy (non-hydrogen) atoms. The summed E-state index contributed by atoms with van der Waals surface area (Å²) in [5.74, 6) is 1.31. The average Bonchev–Trinajstić information content (AvgIpc) is 2.61. The molecule has 3 N–H and O–H groups in total. The summed E-state index contributed by atoms with van der Waals surface area (Å²) in [5.41, 5.74) is -2.04. The van der Waals surface area contributed by atoms with Crippen molar-refractivity contribution in [1.82, 2.24) is 9.55 Å². The smallest absolute Gasteiger partial charge is 0.330 e. The summed E-state index contributed by atoms with van der Waals surface area (Å²) in [6.45, 7) is 2.16. The molecule has 3 aliphatic heterocycles. The van der Waals surface area contributed by atoms with Crippen LogP contribution in [0.2, 0.25) is 0 Å². The maximum atomic E-state index is 12.2. The van der Waals surface area contributed by atoms with Crippen LogP contribution < -0.4 is 11.2 Å². The van der Waals surface area contributed by atoms with E-state index in [9.17, 15) is 24.4 Å². The van der Waals surface area contributed by atoms with Crippen LogP contribution in [0.5, 0.6) is 0 Å². The average molecular weight is 372 g/mol. The van der Waals surface area contributed by atoms with Crippen molar-refractivity contribution in [2.75, 3.05) is 19.3 Å². The standard InChI is InChI=1S/C15H21N2O7P/c1-10-6-11-13(17-4-2-12(20)16-14(17)21)24-15(10,7-23-11)3-5-25(22,8-18)9-19/h2-5,10-11,13,18-19H,6-9H2,1H3,(H,16,20,21)/b5-3+/t10-,11+,13+,15-/m0/s1. The zero-order chi connectivity index (χ0) is 18.2. The Labute approximate surface area is 143 Å². The highest BCUT2D eigenvalue weighted by Gasteiger charge is 2.52. The van der Waals surface area contributed by atoms with Gasteiger partial charge in [0.05, 0.1) is 6.61 Å². The van der Waals surface area contributed by atoms with Crippen LogP contribution in [-0.4, -0.2) is 50.8 Å². The molecule has 4 atom stereocenters. The van der Waals surface area contributed by atoms with Gasteiger partial charge in [0, 0.05) is 12.3 Å². The van der Waals surface area contributed by atoms with E-state index in [1.807, 2.05) is 6.92 Å². The van der Waals surface area contributed by atoms with Crippen molar-refractivity contribution in [2.24, 2.45) is 5.92 Å². The molecule has 0 unspecified atom stereocenters. The molecule has 4 heterocycles. The van der Waals surface area contributed by atoms with E-state index in [1.54, 1.807) is 6.08 Å². The highest BCUT2D eigenvalue weighted by atomic mass is 31.2. The molecular formula is C15H21N2O7P. The molecule has 0 saturated carbocycles. The zero-order valence-electron chi connectivity index (χ0n) is 13.7. The summed E-state index contributed by atoms with van der Waals surface area (Å²) >= 11 is 0. The lowest BCUT2D eigenvalue weighted by molar-refractivity contribution is -0.296. The Bertz CT molecular complexity index is 824. The number of nitrogens with zero attached hydrogens (tertiary/aromatic N) is 1. The SMILES string of the molecule is C[C@H]1C[C@H]2OC[C@]1(/C=C/P(=O)(CO)CO)O[C@H]2n1ccc(=O)[nH]c1=O. The van der Waals surface area contributed by atoms with Crippen LogP contribution in [0.25, 0.3) is 0 Å². The van der Waals surface area contributed by atoms with Gasteiger partial charge in [-0.3, -0.25) is 14.3 Å². The molecule has 1 aromatic rings. The van der Waals surface area contributed by atoms with Crippen molar-refractivity contribution in [3.8, 4) is 0 Å². The fraction of sp³-hybridized carbons (Fsp3) is 0.600. The van der Waals surface area contributed by atoms with Crippen LogP contribution in [0.4, 0.5) is 0 Å². The molecule has 0 aromatic carbocycles. The Balaban J connectivity index is 1.95. The number of H-pyrrole nitrogens is 1. The molecule has 1 aromatic heterocycles. The van der Waals surface area contributed by atoms with E-state index in [2.05, 4.69) is 4.98 Å². The van der Waals surface area contributed by atoms with Crippen molar-refractivity contribution in [3.05, 3.63) is 45.0 Å². The van der Waals surface area contributed by atoms with Gasteiger partial charge < -0.3 is 24.3 Å². The Morgan fingerprint density at radius 2 is 2.16 bits per heavy atom. The first-order valence-corrected chi connectivity index (χ1v) is 10.1. The molecule has 138 valence electrons. The Morgan fingerprint density at radius 3 is 2.76 bits per heavy atom. The van der Waals surface area contributed by atoms with Crippen molar-refractivity contribution in [1.29, 1.82) is 0 Å². The molecule has 3 saturated heterocycles. The third-order valence-corrected chi connectivity index (χ3v) is 6.48. The van der Waals surface area contributed by atoms with Crippen LogP contribution >= 0.6 is 7.14 Å². The number of hydrogen-bond acceptors (Lipinski definition) is 7. The second kappa shape index (κ2) is 6.66. The molecule has 3 fully saturated rings. The summed E-state index contributed by atoms with van der Waals surface area (Å²) in [4.78, 5) is 25.5. The van der Waals surface area contributed by atoms with Gasteiger partial charge in [0.25, 0.3) is 5.56 Å². The molecule has 3 aliphatic rings. The molecule has 2 bridgehead atoms. The lowest BCUT2D eigenvalue weighted by Gasteiger charge is -2.52. The van der Waals surface area contributed by atoms with Crippen molar-refractivity contribution in [2.45, 2.75) is 31.3 Å². The zero-order valence-corrected chi connectivity index (χ0v) is 14.6. The van der Waals surface area contributed by atoms with E-state index in [-0.39, 0.29) is 18.6 Å². The number of aromatic nitrogens is 2. The first kappa shape index (κ1) is 18.3. The maximum Gasteiger partial charge on any atom is 0.330 e. The fourth-order valence-corrected chi connectivity index (χ4v) is 3.96. The molecule has 10 heteroatoms. The summed E-state index contributed by atoms with van der Waals surface area (Å²) in [6, 6.07) is 1.23. The largest absolute Gasteiger partial charge is 0.388 e. The predicted octanol–water partition coefficient (Wildman–Crippen LogP) is 0.00560. The second-order valence-electron chi connectivity index (χ2n) is 6.52. The number of ether oxygens (including phenoxy) is 2. The molecule has 9 nitrogen and oxygen atoms in total. The van der Waals surface area contributed by atoms with Gasteiger partial charge in [-0.1, -0.05) is 6.92 Å². The molecule has 0 radical (unpaired) electrons. The number of hydrogen-bond donors (Lipinski definition) is 3. The number of fused-ring (bicyclic) bond motifs is 3. The van der Waals surface area contributed by atoms with Crippen molar-refractivity contribution < 1.29 is 24.3 Å². The van der Waals surface area contributed by atoms with E-state index in [0.29, 0.717) is 6.42 Å². The van der Waals surface area contributed by atoms with Crippen LogP contribution in [0, 0.1) is 5.92 Å². The summed E-state index contributed by atoms with van der Waals surface area (Å²) < 4.78 is 25.4. The van der Waals surface area contributed by atoms with Gasteiger partial charge in [0.2, 0.25) is 0 Å². The molecule has 0 amide bonds. The highest BCUT2D eigenvalue weighted by molar-refractivity contribution is 7.66. The quantitative estimate of drug-likeness (QED) is 0.620. The van der Waals surface area contributed by atoms with Crippen LogP contribution in [-0.2, 0) is 14.0 Å². The minimum absolute atomic E-state index is 0.0167. The number of rotatable bonds is 5. The van der Waals surface area contributed by atoms with E-state index in [1.165, 1.54) is 22.6 Å². The van der Waals surface area contributed by atoms with E-state index in [4.69, 9.17) is 9.47 Å². The predicted molar refractivity (Wildman–Crippen MR) is 88.6 cm³/mol. The summed E-state index contributed by atoms with van der Waals surface area (Å²) in [7, 11) is -3.24. The first-order chi connectivity index (χ1) is 11.8.